The molecule has 1 aliphatic heterocycles. The van der Waals surface area contributed by atoms with E-state index in [-0.39, 0.29) is 0 Å². The molecular formula is C15H21NO2. The molecule has 0 bridgehead atoms. The molecule has 3 heteroatoms. The SMILES string of the molecule is CC(NCc1ccc2c(c1)OCO2)C1CCCC1. The Morgan fingerprint density at radius 1 is 1.22 bits per heavy atom. The highest BCUT2D eigenvalue weighted by molar-refractivity contribution is 5.44. The van der Waals surface area contributed by atoms with Crippen LogP contribution in [0.25, 0.3) is 0 Å². The maximum Gasteiger partial charge on any atom is 0.231 e. The molecule has 0 aromatic heterocycles. The minimum absolute atomic E-state index is 0.352. The second-order valence-electron chi connectivity index (χ2n) is 5.40. The first kappa shape index (κ1) is 11.8. The van der Waals surface area contributed by atoms with Gasteiger partial charge in [-0.3, -0.25) is 0 Å². The lowest BCUT2D eigenvalue weighted by molar-refractivity contribution is 0.174. The van der Waals surface area contributed by atoms with E-state index in [1.807, 2.05) is 6.07 Å². The molecule has 0 saturated heterocycles. The summed E-state index contributed by atoms with van der Waals surface area (Å²) >= 11 is 0. The van der Waals surface area contributed by atoms with Gasteiger partial charge in [-0.2, -0.15) is 0 Å². The van der Waals surface area contributed by atoms with Gasteiger partial charge >= 0.3 is 0 Å². The van der Waals surface area contributed by atoms with Gasteiger partial charge in [-0.25, -0.2) is 0 Å². The Morgan fingerprint density at radius 2 is 2.00 bits per heavy atom. The van der Waals surface area contributed by atoms with E-state index in [1.54, 1.807) is 0 Å². The van der Waals surface area contributed by atoms with E-state index < -0.39 is 0 Å². The van der Waals surface area contributed by atoms with Crippen LogP contribution in [0.3, 0.4) is 0 Å². The monoisotopic (exact) mass is 247 g/mol. The van der Waals surface area contributed by atoms with E-state index >= 15 is 0 Å². The third kappa shape index (κ3) is 2.46. The van der Waals surface area contributed by atoms with Crippen LogP contribution in [0.2, 0.25) is 0 Å². The van der Waals surface area contributed by atoms with Crippen LogP contribution in [0.4, 0.5) is 0 Å². The van der Waals surface area contributed by atoms with Gasteiger partial charge in [0.1, 0.15) is 0 Å². The van der Waals surface area contributed by atoms with Gasteiger partial charge in [-0.1, -0.05) is 18.9 Å². The number of rotatable bonds is 4. The lowest BCUT2D eigenvalue weighted by Gasteiger charge is -2.20. The van der Waals surface area contributed by atoms with Crippen molar-refractivity contribution in [1.82, 2.24) is 5.32 Å². The van der Waals surface area contributed by atoms with E-state index in [9.17, 15) is 0 Å². The molecule has 0 spiro atoms. The molecule has 3 nitrogen and oxygen atoms in total. The second kappa shape index (κ2) is 5.19. The largest absolute Gasteiger partial charge is 0.454 e. The van der Waals surface area contributed by atoms with Gasteiger partial charge in [0.05, 0.1) is 0 Å². The Hall–Kier alpha value is -1.22. The average molecular weight is 247 g/mol. The van der Waals surface area contributed by atoms with Crippen LogP contribution in [0, 0.1) is 5.92 Å². The summed E-state index contributed by atoms with van der Waals surface area (Å²) in [7, 11) is 0. The molecule has 1 heterocycles. The van der Waals surface area contributed by atoms with Gasteiger partial charge in [-0.15, -0.1) is 0 Å². The number of ether oxygens (including phenoxy) is 2. The first-order chi connectivity index (χ1) is 8.83. The van der Waals surface area contributed by atoms with Crippen molar-refractivity contribution in [2.45, 2.75) is 45.2 Å². The second-order valence-corrected chi connectivity index (χ2v) is 5.40. The number of nitrogens with one attached hydrogen (secondary N) is 1. The van der Waals surface area contributed by atoms with Crippen LogP contribution in [0.1, 0.15) is 38.2 Å². The Kier molecular flexibility index (Phi) is 3.41. The number of hydrogen-bond acceptors (Lipinski definition) is 3. The summed E-state index contributed by atoms with van der Waals surface area (Å²) in [6, 6.07) is 6.80. The van der Waals surface area contributed by atoms with E-state index in [4.69, 9.17) is 9.47 Å². The van der Waals surface area contributed by atoms with Crippen molar-refractivity contribution in [2.75, 3.05) is 6.79 Å². The number of fused-ring (bicyclic) bond motifs is 1. The quantitative estimate of drug-likeness (QED) is 0.887. The minimum atomic E-state index is 0.352. The van der Waals surface area contributed by atoms with Crippen LogP contribution in [0.5, 0.6) is 11.5 Å². The van der Waals surface area contributed by atoms with Crippen LogP contribution < -0.4 is 14.8 Å². The molecule has 98 valence electrons. The molecule has 1 aromatic rings. The van der Waals surface area contributed by atoms with Crippen molar-refractivity contribution in [3.8, 4) is 11.5 Å². The Bertz CT molecular complexity index is 413. The Morgan fingerprint density at radius 3 is 2.83 bits per heavy atom. The van der Waals surface area contributed by atoms with Crippen molar-refractivity contribution >= 4 is 0 Å². The molecular weight excluding hydrogens is 226 g/mol. The van der Waals surface area contributed by atoms with Crippen molar-refractivity contribution in [1.29, 1.82) is 0 Å². The van der Waals surface area contributed by atoms with Crippen LogP contribution in [-0.4, -0.2) is 12.8 Å². The molecule has 1 atom stereocenters. The summed E-state index contributed by atoms with van der Waals surface area (Å²) in [5.41, 5.74) is 1.27. The summed E-state index contributed by atoms with van der Waals surface area (Å²) in [6.45, 7) is 3.57. The summed E-state index contributed by atoms with van der Waals surface area (Å²) in [6.07, 6.45) is 5.58. The third-order valence-electron chi connectivity index (χ3n) is 4.17. The minimum Gasteiger partial charge on any atom is -0.454 e. The normalized spacial score (nSPS) is 20.3. The fourth-order valence-electron chi connectivity index (χ4n) is 2.95. The van der Waals surface area contributed by atoms with Gasteiger partial charge in [0.15, 0.2) is 11.5 Å². The van der Waals surface area contributed by atoms with Crippen LogP contribution >= 0.6 is 0 Å². The van der Waals surface area contributed by atoms with Crippen LogP contribution in [0.15, 0.2) is 18.2 Å². The molecule has 0 radical (unpaired) electrons. The zero-order chi connectivity index (χ0) is 12.4. The summed E-state index contributed by atoms with van der Waals surface area (Å²) < 4.78 is 10.7. The van der Waals surface area contributed by atoms with Gasteiger partial charge < -0.3 is 14.8 Å². The van der Waals surface area contributed by atoms with E-state index in [1.165, 1.54) is 31.2 Å². The van der Waals surface area contributed by atoms with Crippen molar-refractivity contribution in [3.63, 3.8) is 0 Å². The smallest absolute Gasteiger partial charge is 0.231 e. The molecule has 2 aliphatic rings. The molecule has 0 amide bonds. The summed E-state index contributed by atoms with van der Waals surface area (Å²) in [5, 5.41) is 3.64. The molecule has 1 unspecified atom stereocenters. The predicted octanol–water partition coefficient (Wildman–Crippen LogP) is 3.08. The highest BCUT2D eigenvalue weighted by Gasteiger charge is 2.21. The predicted molar refractivity (Wildman–Crippen MR) is 70.8 cm³/mol. The van der Waals surface area contributed by atoms with E-state index in [0.29, 0.717) is 12.8 Å². The fraction of sp³-hybridized carbons (Fsp3) is 0.600. The van der Waals surface area contributed by atoms with Gasteiger partial charge in [0, 0.05) is 12.6 Å². The van der Waals surface area contributed by atoms with Gasteiger partial charge in [0.25, 0.3) is 0 Å². The molecule has 1 fully saturated rings. The zero-order valence-electron chi connectivity index (χ0n) is 10.9. The molecule has 1 aliphatic carbocycles. The lowest BCUT2D eigenvalue weighted by Crippen LogP contribution is -2.31. The molecule has 18 heavy (non-hydrogen) atoms. The lowest BCUT2D eigenvalue weighted by atomic mass is 9.99. The van der Waals surface area contributed by atoms with Gasteiger partial charge in [0.2, 0.25) is 6.79 Å². The molecule has 1 N–H and O–H groups in total. The fourth-order valence-corrected chi connectivity index (χ4v) is 2.95. The Labute approximate surface area is 108 Å². The molecule has 1 aromatic carbocycles. The average Bonchev–Trinajstić information content (AvgIpc) is 3.05. The highest BCUT2D eigenvalue weighted by atomic mass is 16.7. The third-order valence-corrected chi connectivity index (χ3v) is 4.17. The summed E-state index contributed by atoms with van der Waals surface area (Å²) in [4.78, 5) is 0. The maximum atomic E-state index is 5.40. The molecule has 1 saturated carbocycles. The highest BCUT2D eigenvalue weighted by Crippen LogP contribution is 2.32. The Balaban J connectivity index is 1.56. The first-order valence-electron chi connectivity index (χ1n) is 6.95. The maximum absolute atomic E-state index is 5.40. The standard InChI is InChI=1S/C15H21NO2/c1-11(13-4-2-3-5-13)16-9-12-6-7-14-15(8-12)18-10-17-14/h6-8,11,13,16H,2-5,9-10H2,1H3. The van der Waals surface area contributed by atoms with Gasteiger partial charge in [-0.05, 0) is 43.4 Å². The van der Waals surface area contributed by atoms with E-state index in [0.717, 1.165) is 24.0 Å². The van der Waals surface area contributed by atoms with Crippen molar-refractivity contribution < 1.29 is 9.47 Å². The zero-order valence-corrected chi connectivity index (χ0v) is 10.9. The van der Waals surface area contributed by atoms with Crippen molar-refractivity contribution in [2.24, 2.45) is 5.92 Å². The molecule has 3 rings (SSSR count). The number of benzene rings is 1. The summed E-state index contributed by atoms with van der Waals surface area (Å²) in [5.74, 6) is 2.60. The van der Waals surface area contributed by atoms with Crippen LogP contribution in [-0.2, 0) is 6.54 Å². The van der Waals surface area contributed by atoms with Crippen molar-refractivity contribution in [3.05, 3.63) is 23.8 Å². The van der Waals surface area contributed by atoms with E-state index in [2.05, 4.69) is 24.4 Å². The topological polar surface area (TPSA) is 30.5 Å². The first-order valence-corrected chi connectivity index (χ1v) is 6.95. The number of hydrogen-bond donors (Lipinski definition) is 1.